The van der Waals surface area contributed by atoms with Gasteiger partial charge in [-0.05, 0) is 27.7 Å². The van der Waals surface area contributed by atoms with Crippen molar-refractivity contribution in [1.82, 2.24) is 0 Å². The van der Waals surface area contributed by atoms with Crippen LogP contribution in [0, 0.1) is 0 Å². The molecular formula is C12H18O7. The molecule has 0 bridgehead atoms. The number of carbonyl (C=O) groups is 1. The van der Waals surface area contributed by atoms with Crippen molar-refractivity contribution in [3.63, 3.8) is 0 Å². The lowest BCUT2D eigenvalue weighted by atomic mass is 10.0. The number of aliphatic hydroxyl groups excluding tert-OH is 1. The summed E-state index contributed by atoms with van der Waals surface area (Å²) in [7, 11) is 0. The first kappa shape index (κ1) is 13.3. The Balaban J connectivity index is 1.94. The van der Waals surface area contributed by atoms with Gasteiger partial charge in [0.15, 0.2) is 23.8 Å². The number of cyclic esters (lactones) is 1. The zero-order valence-corrected chi connectivity index (χ0v) is 11.3. The van der Waals surface area contributed by atoms with Gasteiger partial charge < -0.3 is 28.8 Å². The number of rotatable bonds is 0. The zero-order valence-electron chi connectivity index (χ0n) is 11.3. The molecule has 3 fully saturated rings. The highest BCUT2D eigenvalue weighted by molar-refractivity contribution is 5.76. The second kappa shape index (κ2) is 3.89. The molecule has 0 aliphatic carbocycles. The van der Waals surface area contributed by atoms with Crippen molar-refractivity contribution in [2.45, 2.75) is 70.0 Å². The van der Waals surface area contributed by atoms with E-state index in [9.17, 15) is 9.90 Å². The van der Waals surface area contributed by atoms with Gasteiger partial charge in [0.25, 0.3) is 0 Å². The monoisotopic (exact) mass is 274 g/mol. The van der Waals surface area contributed by atoms with E-state index in [2.05, 4.69) is 0 Å². The Morgan fingerprint density at radius 2 is 1.42 bits per heavy atom. The largest absolute Gasteiger partial charge is 0.431 e. The molecule has 7 heteroatoms. The Labute approximate surface area is 110 Å². The Morgan fingerprint density at radius 1 is 0.895 bits per heavy atom. The van der Waals surface area contributed by atoms with E-state index >= 15 is 0 Å². The van der Waals surface area contributed by atoms with E-state index in [1.54, 1.807) is 27.7 Å². The number of fused-ring (bicyclic) bond motifs is 3. The molecule has 5 atom stereocenters. The van der Waals surface area contributed by atoms with Crippen molar-refractivity contribution >= 4 is 5.97 Å². The SMILES string of the molecule is CC1(C)O[C@H]2[C@@H]3OC(C)(C)O[C@@H]3C(O)OC(=O)[C@H]2O1. The fraction of sp³-hybridized carbons (Fsp3) is 0.917. The van der Waals surface area contributed by atoms with Crippen LogP contribution in [0.15, 0.2) is 0 Å². The van der Waals surface area contributed by atoms with E-state index in [0.717, 1.165) is 0 Å². The van der Waals surface area contributed by atoms with Crippen LogP contribution in [0.5, 0.6) is 0 Å². The molecule has 3 saturated heterocycles. The summed E-state index contributed by atoms with van der Waals surface area (Å²) in [6, 6.07) is 0. The molecule has 0 aromatic carbocycles. The molecule has 0 saturated carbocycles. The normalized spacial score (nSPS) is 47.2. The summed E-state index contributed by atoms with van der Waals surface area (Å²) in [5.41, 5.74) is 0. The summed E-state index contributed by atoms with van der Waals surface area (Å²) < 4.78 is 27.5. The van der Waals surface area contributed by atoms with Gasteiger partial charge in [0.1, 0.15) is 12.2 Å². The molecule has 19 heavy (non-hydrogen) atoms. The molecule has 0 amide bonds. The molecule has 3 aliphatic rings. The van der Waals surface area contributed by atoms with Crippen LogP contribution in [-0.2, 0) is 28.5 Å². The van der Waals surface area contributed by atoms with Crippen LogP contribution in [0.25, 0.3) is 0 Å². The average Bonchev–Trinajstić information content (AvgIpc) is 2.72. The lowest BCUT2D eigenvalue weighted by molar-refractivity contribution is -0.214. The predicted octanol–water partition coefficient (Wildman–Crippen LogP) is -0.0982. The van der Waals surface area contributed by atoms with Gasteiger partial charge in [0, 0.05) is 0 Å². The van der Waals surface area contributed by atoms with Gasteiger partial charge in [-0.1, -0.05) is 0 Å². The third-order valence-electron chi connectivity index (χ3n) is 3.37. The molecule has 1 N–H and O–H groups in total. The Hall–Kier alpha value is -0.730. The smallest absolute Gasteiger partial charge is 0.340 e. The van der Waals surface area contributed by atoms with Crippen LogP contribution in [0.1, 0.15) is 27.7 Å². The molecule has 0 aromatic heterocycles. The maximum absolute atomic E-state index is 11.9. The maximum atomic E-state index is 11.9. The summed E-state index contributed by atoms with van der Waals surface area (Å²) in [4.78, 5) is 11.9. The minimum Gasteiger partial charge on any atom is -0.431 e. The van der Waals surface area contributed by atoms with Gasteiger partial charge in [-0.25, -0.2) is 4.79 Å². The summed E-state index contributed by atoms with van der Waals surface area (Å²) in [6.45, 7) is 6.88. The van der Waals surface area contributed by atoms with Gasteiger partial charge in [0.2, 0.25) is 6.29 Å². The molecule has 0 aromatic rings. The van der Waals surface area contributed by atoms with Gasteiger partial charge in [-0.2, -0.15) is 0 Å². The van der Waals surface area contributed by atoms with Crippen LogP contribution in [0.2, 0.25) is 0 Å². The minimum absolute atomic E-state index is 0.622. The third kappa shape index (κ3) is 2.15. The van der Waals surface area contributed by atoms with Crippen molar-refractivity contribution in [1.29, 1.82) is 0 Å². The summed E-state index contributed by atoms with van der Waals surface area (Å²) in [6.07, 6.45) is -4.38. The standard InChI is InChI=1S/C12H18O7/c1-11(2)16-5-6-8(19-12(3,4)17-6)10(14)15-9(13)7(5)18-11/h5-9,13H,1-4H3/t5-,6-,7-,8-,9?/m0/s1. The van der Waals surface area contributed by atoms with E-state index in [1.807, 2.05) is 0 Å². The van der Waals surface area contributed by atoms with Gasteiger partial charge >= 0.3 is 5.97 Å². The number of hydrogen-bond donors (Lipinski definition) is 1. The van der Waals surface area contributed by atoms with Gasteiger partial charge in [0.05, 0.1) is 0 Å². The lowest BCUT2D eigenvalue weighted by Crippen LogP contribution is -2.44. The second-order valence-electron chi connectivity index (χ2n) is 5.91. The highest BCUT2D eigenvalue weighted by atomic mass is 16.8. The van der Waals surface area contributed by atoms with E-state index in [0.29, 0.717) is 0 Å². The van der Waals surface area contributed by atoms with Crippen molar-refractivity contribution in [3.8, 4) is 0 Å². The molecule has 3 rings (SSSR count). The van der Waals surface area contributed by atoms with E-state index in [1.165, 1.54) is 0 Å². The van der Waals surface area contributed by atoms with Crippen LogP contribution in [0.3, 0.4) is 0 Å². The summed E-state index contributed by atoms with van der Waals surface area (Å²) in [5.74, 6) is -2.44. The molecule has 108 valence electrons. The first-order valence-corrected chi connectivity index (χ1v) is 6.28. The Morgan fingerprint density at radius 3 is 2.11 bits per heavy atom. The van der Waals surface area contributed by atoms with Crippen molar-refractivity contribution in [2.24, 2.45) is 0 Å². The quantitative estimate of drug-likeness (QED) is 0.618. The number of esters is 1. The highest BCUT2D eigenvalue weighted by Gasteiger charge is 2.60. The topological polar surface area (TPSA) is 83.5 Å². The molecule has 0 spiro atoms. The van der Waals surface area contributed by atoms with E-state index in [-0.39, 0.29) is 0 Å². The average molecular weight is 274 g/mol. The number of hydrogen-bond acceptors (Lipinski definition) is 7. The van der Waals surface area contributed by atoms with Gasteiger partial charge in [-0.15, -0.1) is 0 Å². The van der Waals surface area contributed by atoms with E-state index in [4.69, 9.17) is 23.7 Å². The van der Waals surface area contributed by atoms with Crippen LogP contribution >= 0.6 is 0 Å². The number of aliphatic hydroxyl groups is 1. The van der Waals surface area contributed by atoms with Crippen LogP contribution in [-0.4, -0.2) is 53.4 Å². The van der Waals surface area contributed by atoms with Crippen LogP contribution < -0.4 is 0 Å². The first-order chi connectivity index (χ1) is 8.69. The molecule has 1 unspecified atom stereocenters. The summed E-state index contributed by atoms with van der Waals surface area (Å²) >= 11 is 0. The molecule has 7 nitrogen and oxygen atoms in total. The number of carbonyl (C=O) groups excluding carboxylic acids is 1. The van der Waals surface area contributed by atoms with Gasteiger partial charge in [-0.3, -0.25) is 0 Å². The zero-order chi connectivity index (χ0) is 14.0. The number of ether oxygens (including phenoxy) is 5. The molecule has 3 heterocycles. The predicted molar refractivity (Wildman–Crippen MR) is 59.7 cm³/mol. The fourth-order valence-corrected chi connectivity index (χ4v) is 2.76. The molecular weight excluding hydrogens is 256 g/mol. The molecule has 0 radical (unpaired) electrons. The summed E-state index contributed by atoms with van der Waals surface area (Å²) in [5, 5.41) is 9.89. The second-order valence-corrected chi connectivity index (χ2v) is 5.91. The Bertz CT molecular complexity index is 405. The molecule has 3 aliphatic heterocycles. The lowest BCUT2D eigenvalue weighted by Gasteiger charge is -2.23. The van der Waals surface area contributed by atoms with Crippen molar-refractivity contribution < 1.29 is 33.6 Å². The van der Waals surface area contributed by atoms with Crippen molar-refractivity contribution in [2.75, 3.05) is 0 Å². The van der Waals surface area contributed by atoms with Crippen LogP contribution in [0.4, 0.5) is 0 Å². The fourth-order valence-electron chi connectivity index (χ4n) is 2.76. The highest BCUT2D eigenvalue weighted by Crippen LogP contribution is 2.41. The first-order valence-electron chi connectivity index (χ1n) is 6.28. The maximum Gasteiger partial charge on any atom is 0.340 e. The minimum atomic E-state index is -1.39. The third-order valence-corrected chi connectivity index (χ3v) is 3.37. The van der Waals surface area contributed by atoms with Crippen molar-refractivity contribution in [3.05, 3.63) is 0 Å². The Kier molecular flexibility index (Phi) is 2.72. The van der Waals surface area contributed by atoms with E-state index < -0.39 is 48.2 Å².